The Morgan fingerprint density at radius 1 is 1.47 bits per heavy atom. The predicted molar refractivity (Wildman–Crippen MR) is 64.4 cm³/mol. The number of ether oxygens (including phenoxy) is 2. The fraction of sp³-hybridized carbons (Fsp3) is 0.357. The van der Waals surface area contributed by atoms with Crippen molar-refractivity contribution >= 4 is 5.97 Å². The third-order valence-electron chi connectivity index (χ3n) is 2.66. The molecule has 0 bridgehead atoms. The average Bonchev–Trinajstić information content (AvgIpc) is 3.06. The van der Waals surface area contributed by atoms with E-state index in [9.17, 15) is 4.79 Å². The molecule has 1 unspecified atom stereocenters. The van der Waals surface area contributed by atoms with Gasteiger partial charge in [-0.25, -0.2) is 4.79 Å². The molecule has 1 fully saturated rings. The fourth-order valence-electron chi connectivity index (χ4n) is 1.42. The molecule has 0 aliphatic carbocycles. The van der Waals surface area contributed by atoms with Gasteiger partial charge in [0.2, 0.25) is 0 Å². The van der Waals surface area contributed by atoms with Gasteiger partial charge in [-0.05, 0) is 18.9 Å². The minimum absolute atomic E-state index is 0.0454. The Morgan fingerprint density at radius 3 is 2.82 bits per heavy atom. The Kier molecular flexibility index (Phi) is 3.59. The molecule has 0 N–H and O–H groups in total. The van der Waals surface area contributed by atoms with Crippen molar-refractivity contribution < 1.29 is 14.3 Å². The lowest BCUT2D eigenvalue weighted by molar-refractivity contribution is -0.139. The molecule has 1 heterocycles. The first kappa shape index (κ1) is 11.9. The zero-order chi connectivity index (χ0) is 12.1. The molecule has 1 aliphatic heterocycles. The molecule has 90 valence electrons. The SMILES string of the molecule is CC1(C/C=C/C(=O)OCc2ccccc2)CO1. The van der Waals surface area contributed by atoms with Crippen molar-refractivity contribution in [3.63, 3.8) is 0 Å². The van der Waals surface area contributed by atoms with Crippen LogP contribution < -0.4 is 0 Å². The highest BCUT2D eigenvalue weighted by molar-refractivity contribution is 5.81. The lowest BCUT2D eigenvalue weighted by Crippen LogP contribution is -2.03. The molecular formula is C14H16O3. The normalized spacial score (nSPS) is 22.6. The van der Waals surface area contributed by atoms with Gasteiger partial charge in [-0.2, -0.15) is 0 Å². The molecule has 1 aromatic carbocycles. The predicted octanol–water partition coefficient (Wildman–Crippen LogP) is 2.47. The van der Waals surface area contributed by atoms with Gasteiger partial charge in [0, 0.05) is 6.08 Å². The molecular weight excluding hydrogens is 216 g/mol. The summed E-state index contributed by atoms with van der Waals surface area (Å²) in [7, 11) is 0. The first-order chi connectivity index (χ1) is 8.18. The molecule has 0 amide bonds. The molecule has 1 saturated heterocycles. The molecule has 1 atom stereocenters. The van der Waals surface area contributed by atoms with E-state index >= 15 is 0 Å². The molecule has 3 heteroatoms. The molecule has 1 aliphatic rings. The van der Waals surface area contributed by atoms with Gasteiger partial charge in [0.25, 0.3) is 0 Å². The Balaban J connectivity index is 1.70. The summed E-state index contributed by atoms with van der Waals surface area (Å²) in [6.45, 7) is 3.11. The highest BCUT2D eigenvalue weighted by atomic mass is 16.6. The van der Waals surface area contributed by atoms with Gasteiger partial charge < -0.3 is 9.47 Å². The number of epoxide rings is 1. The number of hydrogen-bond donors (Lipinski definition) is 0. The van der Waals surface area contributed by atoms with Crippen LogP contribution >= 0.6 is 0 Å². The van der Waals surface area contributed by atoms with E-state index in [4.69, 9.17) is 9.47 Å². The van der Waals surface area contributed by atoms with Gasteiger partial charge in [0.15, 0.2) is 0 Å². The monoisotopic (exact) mass is 232 g/mol. The van der Waals surface area contributed by atoms with Gasteiger partial charge in [0.1, 0.15) is 6.61 Å². The molecule has 17 heavy (non-hydrogen) atoms. The number of esters is 1. The quantitative estimate of drug-likeness (QED) is 0.444. The van der Waals surface area contributed by atoms with E-state index in [0.717, 1.165) is 18.6 Å². The lowest BCUT2D eigenvalue weighted by atomic mass is 10.1. The van der Waals surface area contributed by atoms with Crippen molar-refractivity contribution in [2.24, 2.45) is 0 Å². The summed E-state index contributed by atoms with van der Waals surface area (Å²) < 4.78 is 10.3. The number of carbonyl (C=O) groups is 1. The van der Waals surface area contributed by atoms with Crippen molar-refractivity contribution in [3.8, 4) is 0 Å². The standard InChI is InChI=1S/C14H16O3/c1-14(11-17-14)9-5-8-13(15)16-10-12-6-3-2-4-7-12/h2-8H,9-11H2,1H3/b8-5+. The smallest absolute Gasteiger partial charge is 0.330 e. The van der Waals surface area contributed by atoms with E-state index in [1.165, 1.54) is 6.08 Å². The van der Waals surface area contributed by atoms with Crippen LogP contribution in [0.1, 0.15) is 18.9 Å². The molecule has 0 saturated carbocycles. The van der Waals surface area contributed by atoms with Crippen LogP contribution in [0, 0.1) is 0 Å². The summed E-state index contributed by atoms with van der Waals surface area (Å²) in [4.78, 5) is 11.4. The lowest BCUT2D eigenvalue weighted by Gasteiger charge is -2.02. The van der Waals surface area contributed by atoms with Gasteiger partial charge in [-0.3, -0.25) is 0 Å². The second-order valence-electron chi connectivity index (χ2n) is 4.44. The number of rotatable bonds is 5. The molecule has 0 spiro atoms. The topological polar surface area (TPSA) is 38.8 Å². The first-order valence-corrected chi connectivity index (χ1v) is 5.69. The Labute approximate surface area is 101 Å². The molecule has 3 nitrogen and oxygen atoms in total. The van der Waals surface area contributed by atoms with Crippen molar-refractivity contribution in [1.29, 1.82) is 0 Å². The molecule has 2 rings (SSSR count). The summed E-state index contributed by atoms with van der Waals surface area (Å²) in [5.74, 6) is -0.307. The van der Waals surface area contributed by atoms with Crippen LogP contribution in [0.15, 0.2) is 42.5 Å². The van der Waals surface area contributed by atoms with E-state index in [1.807, 2.05) is 37.3 Å². The van der Waals surface area contributed by atoms with Crippen LogP contribution in [-0.4, -0.2) is 18.2 Å². The van der Waals surface area contributed by atoms with Crippen molar-refractivity contribution in [2.75, 3.05) is 6.61 Å². The van der Waals surface area contributed by atoms with Gasteiger partial charge in [-0.1, -0.05) is 36.4 Å². The van der Waals surface area contributed by atoms with Gasteiger partial charge in [0.05, 0.1) is 12.2 Å². The van der Waals surface area contributed by atoms with Gasteiger partial charge in [-0.15, -0.1) is 0 Å². The number of hydrogen-bond acceptors (Lipinski definition) is 3. The Morgan fingerprint density at radius 2 is 2.18 bits per heavy atom. The van der Waals surface area contributed by atoms with Crippen molar-refractivity contribution in [1.82, 2.24) is 0 Å². The summed E-state index contributed by atoms with van der Waals surface area (Å²) >= 11 is 0. The average molecular weight is 232 g/mol. The molecule has 1 aromatic rings. The minimum Gasteiger partial charge on any atom is -0.458 e. The summed E-state index contributed by atoms with van der Waals surface area (Å²) in [6.07, 6.45) is 4.03. The second-order valence-corrected chi connectivity index (χ2v) is 4.44. The highest BCUT2D eigenvalue weighted by Gasteiger charge is 2.37. The third kappa shape index (κ3) is 4.04. The Bertz CT molecular complexity index is 405. The van der Waals surface area contributed by atoms with E-state index < -0.39 is 0 Å². The fourth-order valence-corrected chi connectivity index (χ4v) is 1.42. The largest absolute Gasteiger partial charge is 0.458 e. The van der Waals surface area contributed by atoms with Crippen LogP contribution in [0.2, 0.25) is 0 Å². The summed E-state index contributed by atoms with van der Waals surface area (Å²) in [6, 6.07) is 9.63. The van der Waals surface area contributed by atoms with Crippen LogP contribution in [-0.2, 0) is 20.9 Å². The minimum atomic E-state index is -0.307. The van der Waals surface area contributed by atoms with Crippen LogP contribution in [0.3, 0.4) is 0 Å². The first-order valence-electron chi connectivity index (χ1n) is 5.69. The van der Waals surface area contributed by atoms with E-state index in [0.29, 0.717) is 6.61 Å². The van der Waals surface area contributed by atoms with E-state index in [1.54, 1.807) is 6.08 Å². The molecule has 0 radical (unpaired) electrons. The van der Waals surface area contributed by atoms with Crippen LogP contribution in [0.4, 0.5) is 0 Å². The van der Waals surface area contributed by atoms with Crippen molar-refractivity contribution in [3.05, 3.63) is 48.0 Å². The zero-order valence-corrected chi connectivity index (χ0v) is 9.89. The van der Waals surface area contributed by atoms with E-state index in [2.05, 4.69) is 0 Å². The Hall–Kier alpha value is -1.61. The van der Waals surface area contributed by atoms with Crippen molar-refractivity contribution in [2.45, 2.75) is 25.6 Å². The van der Waals surface area contributed by atoms with E-state index in [-0.39, 0.29) is 11.6 Å². The number of benzene rings is 1. The number of carbonyl (C=O) groups excluding carboxylic acids is 1. The molecule has 0 aromatic heterocycles. The second kappa shape index (κ2) is 5.15. The summed E-state index contributed by atoms with van der Waals surface area (Å²) in [5, 5.41) is 0. The third-order valence-corrected chi connectivity index (χ3v) is 2.66. The van der Waals surface area contributed by atoms with Crippen LogP contribution in [0.5, 0.6) is 0 Å². The van der Waals surface area contributed by atoms with Crippen LogP contribution in [0.25, 0.3) is 0 Å². The summed E-state index contributed by atoms with van der Waals surface area (Å²) in [5.41, 5.74) is 0.947. The maximum Gasteiger partial charge on any atom is 0.330 e. The van der Waals surface area contributed by atoms with Gasteiger partial charge >= 0.3 is 5.97 Å². The maximum absolute atomic E-state index is 11.4. The highest BCUT2D eigenvalue weighted by Crippen LogP contribution is 2.29. The maximum atomic E-state index is 11.4. The zero-order valence-electron chi connectivity index (χ0n) is 9.89.